The average Bonchev–Trinajstić information content (AvgIpc) is 2.52. The lowest BCUT2D eigenvalue weighted by Crippen LogP contribution is -2.48. The van der Waals surface area contributed by atoms with Crippen LogP contribution < -0.4 is 0 Å². The van der Waals surface area contributed by atoms with Crippen LogP contribution in [0.1, 0.15) is 37.3 Å². The molecule has 2 aliphatic rings. The first-order chi connectivity index (χ1) is 10.8. The summed E-state index contributed by atoms with van der Waals surface area (Å²) in [5, 5.41) is 10.9. The molecule has 23 heavy (non-hydrogen) atoms. The van der Waals surface area contributed by atoms with Gasteiger partial charge < -0.3 is 9.47 Å². The van der Waals surface area contributed by atoms with Crippen LogP contribution in [0.4, 0.5) is 14.5 Å². The highest BCUT2D eigenvalue weighted by Gasteiger charge is 2.47. The number of aromatic nitrogens is 1. The first kappa shape index (κ1) is 16.5. The van der Waals surface area contributed by atoms with Crippen LogP contribution in [0.2, 0.25) is 5.02 Å². The Morgan fingerprint density at radius 1 is 1.26 bits per heavy atom. The predicted molar refractivity (Wildman–Crippen MR) is 76.7 cm³/mol. The van der Waals surface area contributed by atoms with Gasteiger partial charge in [0.15, 0.2) is 5.79 Å². The summed E-state index contributed by atoms with van der Waals surface area (Å²) in [5.74, 6) is -3.89. The van der Waals surface area contributed by atoms with Crippen LogP contribution >= 0.6 is 11.6 Å². The smallest absolute Gasteiger partial charge is 0.289 e. The van der Waals surface area contributed by atoms with Gasteiger partial charge in [0, 0.05) is 37.7 Å². The van der Waals surface area contributed by atoms with Crippen LogP contribution in [0.3, 0.4) is 0 Å². The molecule has 0 N–H and O–H groups in total. The molecule has 1 aromatic rings. The van der Waals surface area contributed by atoms with Crippen molar-refractivity contribution in [3.05, 3.63) is 33.1 Å². The van der Waals surface area contributed by atoms with Gasteiger partial charge in [0.2, 0.25) is 5.92 Å². The highest BCUT2D eigenvalue weighted by molar-refractivity contribution is 6.31. The molecule has 0 aromatic carbocycles. The average molecular weight is 349 g/mol. The Morgan fingerprint density at radius 3 is 2.39 bits per heavy atom. The van der Waals surface area contributed by atoms with Crippen molar-refractivity contribution in [2.45, 2.75) is 43.3 Å². The fraction of sp³-hybridized carbons (Fsp3) is 0.643. The molecule has 1 aliphatic carbocycles. The van der Waals surface area contributed by atoms with Crippen LogP contribution in [-0.2, 0) is 9.47 Å². The summed E-state index contributed by atoms with van der Waals surface area (Å²) in [6.45, 7) is 0.464. The van der Waals surface area contributed by atoms with E-state index in [1.807, 2.05) is 0 Å². The third-order valence-corrected chi connectivity index (χ3v) is 4.59. The number of hydrogen-bond acceptors (Lipinski definition) is 5. The normalized spacial score (nSPS) is 23.8. The van der Waals surface area contributed by atoms with Crippen molar-refractivity contribution in [3.63, 3.8) is 0 Å². The Kier molecular flexibility index (Phi) is 4.24. The van der Waals surface area contributed by atoms with E-state index in [4.69, 9.17) is 21.1 Å². The molecule has 2 fully saturated rings. The van der Waals surface area contributed by atoms with Gasteiger partial charge in [0.25, 0.3) is 5.69 Å². The van der Waals surface area contributed by atoms with Gasteiger partial charge in [-0.15, -0.1) is 0 Å². The van der Waals surface area contributed by atoms with Crippen molar-refractivity contribution in [2.75, 3.05) is 13.2 Å². The number of halogens is 3. The summed E-state index contributed by atoms with van der Waals surface area (Å²) in [4.78, 5) is 14.1. The van der Waals surface area contributed by atoms with Gasteiger partial charge in [-0.25, -0.2) is 8.78 Å². The summed E-state index contributed by atoms with van der Waals surface area (Å²) >= 11 is 6.04. The lowest BCUT2D eigenvalue weighted by atomic mass is 9.89. The Bertz CT molecular complexity index is 609. The van der Waals surface area contributed by atoms with E-state index in [0.29, 0.717) is 5.69 Å². The fourth-order valence-corrected chi connectivity index (χ4v) is 3.19. The largest absolute Gasteiger partial charge is 0.349 e. The Labute approximate surface area is 135 Å². The van der Waals surface area contributed by atoms with E-state index < -0.39 is 16.6 Å². The minimum absolute atomic E-state index is 0.147. The lowest BCUT2D eigenvalue weighted by Gasteiger charge is -2.44. The summed E-state index contributed by atoms with van der Waals surface area (Å²) in [6.07, 6.45) is 0.914. The van der Waals surface area contributed by atoms with Crippen molar-refractivity contribution in [1.82, 2.24) is 4.98 Å². The molecule has 6 nitrogen and oxygen atoms in total. The first-order valence-corrected chi connectivity index (χ1v) is 7.64. The van der Waals surface area contributed by atoms with Crippen molar-refractivity contribution in [2.24, 2.45) is 0 Å². The maximum atomic E-state index is 13.2. The van der Waals surface area contributed by atoms with Crippen LogP contribution in [0, 0.1) is 10.1 Å². The fourth-order valence-electron chi connectivity index (χ4n) is 2.88. The Hall–Kier alpha value is -1.38. The molecule has 0 radical (unpaired) electrons. The summed E-state index contributed by atoms with van der Waals surface area (Å²) in [7, 11) is 0. The maximum Gasteiger partial charge on any atom is 0.289 e. The standard InChI is InChI=1S/C14H15ClF2N2O4/c15-11-5-10(19(20)21)6-18-12(11)9-7-22-14(23-8-9)3-1-13(16,17)2-4-14/h5-6,9H,1-4,7-8H2. The molecule has 1 saturated heterocycles. The van der Waals surface area contributed by atoms with E-state index >= 15 is 0 Å². The number of pyridine rings is 1. The predicted octanol–water partition coefficient (Wildman–Crippen LogP) is 3.68. The molecule has 2 heterocycles. The summed E-state index contributed by atoms with van der Waals surface area (Å²) in [6, 6.07) is 1.23. The van der Waals surface area contributed by atoms with Crippen molar-refractivity contribution >= 4 is 17.3 Å². The van der Waals surface area contributed by atoms with Crippen molar-refractivity contribution < 1.29 is 23.2 Å². The van der Waals surface area contributed by atoms with Gasteiger partial charge >= 0.3 is 0 Å². The van der Waals surface area contributed by atoms with Crippen LogP contribution in [0.5, 0.6) is 0 Å². The number of rotatable bonds is 2. The Balaban J connectivity index is 1.66. The third kappa shape index (κ3) is 3.44. The van der Waals surface area contributed by atoms with Crippen molar-refractivity contribution in [3.8, 4) is 0 Å². The molecule has 0 unspecified atom stereocenters. The molecular weight excluding hydrogens is 334 g/mol. The topological polar surface area (TPSA) is 74.5 Å². The zero-order valence-electron chi connectivity index (χ0n) is 12.1. The van der Waals surface area contributed by atoms with E-state index in [9.17, 15) is 18.9 Å². The second kappa shape index (κ2) is 5.92. The van der Waals surface area contributed by atoms with E-state index in [1.54, 1.807) is 0 Å². The quantitative estimate of drug-likeness (QED) is 0.602. The highest BCUT2D eigenvalue weighted by Crippen LogP contribution is 2.44. The van der Waals surface area contributed by atoms with Crippen LogP contribution in [0.25, 0.3) is 0 Å². The van der Waals surface area contributed by atoms with Gasteiger partial charge in [0.1, 0.15) is 6.20 Å². The first-order valence-electron chi connectivity index (χ1n) is 7.26. The summed E-state index contributed by atoms with van der Waals surface area (Å²) in [5.41, 5.74) is 0.260. The third-order valence-electron chi connectivity index (χ3n) is 4.29. The second-order valence-corrected chi connectivity index (χ2v) is 6.31. The monoisotopic (exact) mass is 348 g/mol. The van der Waals surface area contributed by atoms with Gasteiger partial charge in [-0.05, 0) is 0 Å². The second-order valence-electron chi connectivity index (χ2n) is 5.90. The van der Waals surface area contributed by atoms with E-state index in [1.165, 1.54) is 6.07 Å². The van der Waals surface area contributed by atoms with Gasteiger partial charge in [0.05, 0.1) is 28.9 Å². The molecule has 1 saturated carbocycles. The number of nitro groups is 1. The SMILES string of the molecule is O=[N+]([O-])c1cnc(C2COC3(CCC(F)(F)CC3)OC2)c(Cl)c1. The zero-order chi connectivity index (χ0) is 16.7. The maximum absolute atomic E-state index is 13.2. The number of ether oxygens (including phenoxy) is 2. The molecule has 3 rings (SSSR count). The molecule has 9 heteroatoms. The summed E-state index contributed by atoms with van der Waals surface area (Å²) < 4.78 is 37.9. The number of nitrogens with zero attached hydrogens (tertiary/aromatic N) is 2. The molecule has 0 amide bonds. The molecule has 1 aliphatic heterocycles. The van der Waals surface area contributed by atoms with E-state index in [0.717, 1.165) is 6.20 Å². The number of alkyl halides is 2. The number of hydrogen-bond donors (Lipinski definition) is 0. The molecule has 1 spiro atoms. The molecule has 1 aromatic heterocycles. The highest BCUT2D eigenvalue weighted by atomic mass is 35.5. The lowest BCUT2D eigenvalue weighted by molar-refractivity contribution is -0.385. The Morgan fingerprint density at radius 2 is 1.87 bits per heavy atom. The minimum atomic E-state index is -2.65. The zero-order valence-corrected chi connectivity index (χ0v) is 12.9. The molecular formula is C14H15ClF2N2O4. The van der Waals surface area contributed by atoms with E-state index in [-0.39, 0.29) is 55.5 Å². The minimum Gasteiger partial charge on any atom is -0.349 e. The van der Waals surface area contributed by atoms with Gasteiger partial charge in [-0.1, -0.05) is 11.6 Å². The van der Waals surface area contributed by atoms with E-state index in [2.05, 4.69) is 4.98 Å². The van der Waals surface area contributed by atoms with Crippen LogP contribution in [-0.4, -0.2) is 34.8 Å². The van der Waals surface area contributed by atoms with Crippen LogP contribution in [0.15, 0.2) is 12.3 Å². The van der Waals surface area contributed by atoms with Gasteiger partial charge in [-0.3, -0.25) is 15.1 Å². The molecule has 0 bridgehead atoms. The van der Waals surface area contributed by atoms with Gasteiger partial charge in [-0.2, -0.15) is 0 Å². The molecule has 0 atom stereocenters. The van der Waals surface area contributed by atoms with Crippen molar-refractivity contribution in [1.29, 1.82) is 0 Å². The molecule has 126 valence electrons.